The number of nitrogens with zero attached hydrogens (tertiary/aromatic N) is 4. The Morgan fingerprint density at radius 2 is 2.07 bits per heavy atom. The van der Waals surface area contributed by atoms with Gasteiger partial charge >= 0.3 is 0 Å². The maximum Gasteiger partial charge on any atom is 0.278 e. The van der Waals surface area contributed by atoms with E-state index in [4.69, 9.17) is 9.72 Å². The summed E-state index contributed by atoms with van der Waals surface area (Å²) in [4.78, 5) is 20.1. The quantitative estimate of drug-likeness (QED) is 0.644. The van der Waals surface area contributed by atoms with Crippen molar-refractivity contribution in [2.75, 3.05) is 18.1 Å². The van der Waals surface area contributed by atoms with E-state index in [0.717, 1.165) is 40.5 Å². The van der Waals surface area contributed by atoms with Gasteiger partial charge in [-0.3, -0.25) is 14.4 Å². The van der Waals surface area contributed by atoms with E-state index in [0.29, 0.717) is 18.8 Å². The number of ether oxygens (including phenoxy) is 1. The fourth-order valence-corrected chi connectivity index (χ4v) is 4.67. The molecule has 148 valence electrons. The van der Waals surface area contributed by atoms with E-state index in [2.05, 4.69) is 31.1 Å². The van der Waals surface area contributed by atoms with Gasteiger partial charge in [-0.25, -0.2) is 4.98 Å². The molecule has 0 spiro atoms. The molecule has 1 saturated heterocycles. The predicted octanol–water partition coefficient (Wildman–Crippen LogP) is 4.26. The number of anilines is 1. The van der Waals surface area contributed by atoms with Gasteiger partial charge in [-0.2, -0.15) is 5.10 Å². The Balaban J connectivity index is 1.75. The van der Waals surface area contributed by atoms with Crippen LogP contribution in [0.25, 0.3) is 10.2 Å². The van der Waals surface area contributed by atoms with Gasteiger partial charge in [-0.15, -0.1) is 0 Å². The van der Waals surface area contributed by atoms with E-state index in [1.54, 1.807) is 20.9 Å². The molecule has 1 aromatic carbocycles. The molecule has 3 aromatic rings. The van der Waals surface area contributed by atoms with Crippen LogP contribution in [-0.4, -0.2) is 39.9 Å². The monoisotopic (exact) mass is 398 g/mol. The fraction of sp³-hybridized carbons (Fsp3) is 0.476. The number of hydrogen-bond donors (Lipinski definition) is 0. The fourth-order valence-electron chi connectivity index (χ4n) is 3.62. The first-order valence-corrected chi connectivity index (χ1v) is 10.6. The van der Waals surface area contributed by atoms with Gasteiger partial charge < -0.3 is 4.74 Å². The number of aromatic nitrogens is 3. The Morgan fingerprint density at radius 1 is 1.29 bits per heavy atom. The zero-order chi connectivity index (χ0) is 19.8. The molecule has 6 nitrogen and oxygen atoms in total. The van der Waals surface area contributed by atoms with E-state index in [9.17, 15) is 4.79 Å². The second-order valence-electron chi connectivity index (χ2n) is 7.44. The lowest BCUT2D eigenvalue weighted by atomic mass is 10.1. The van der Waals surface area contributed by atoms with Crippen LogP contribution in [0.4, 0.5) is 5.13 Å². The standard InChI is InChI=1S/C21H26N4O2S/c1-5-25-18(11-15(4)23-25)20(26)24(12-16-7-6-8-27-16)21-22-17-9-13(2)14(3)10-19(17)28-21/h9-11,16H,5-8,12H2,1-4H3. The van der Waals surface area contributed by atoms with Crippen molar-refractivity contribution in [3.05, 3.63) is 40.7 Å². The maximum absolute atomic E-state index is 13.5. The summed E-state index contributed by atoms with van der Waals surface area (Å²) in [6.07, 6.45) is 2.06. The molecule has 0 bridgehead atoms. The molecule has 0 radical (unpaired) electrons. The molecule has 0 N–H and O–H groups in total. The van der Waals surface area contributed by atoms with E-state index in [1.165, 1.54) is 11.1 Å². The Labute approximate surface area is 169 Å². The van der Waals surface area contributed by atoms with Gasteiger partial charge in [0.05, 0.1) is 28.6 Å². The minimum absolute atomic E-state index is 0.0542. The third-order valence-corrected chi connectivity index (χ3v) is 6.34. The minimum Gasteiger partial charge on any atom is -0.376 e. The normalized spacial score (nSPS) is 16.8. The van der Waals surface area contributed by atoms with E-state index in [-0.39, 0.29) is 12.0 Å². The molecule has 2 aromatic heterocycles. The Hall–Kier alpha value is -2.25. The van der Waals surface area contributed by atoms with Crippen LogP contribution in [0.2, 0.25) is 0 Å². The number of hydrogen-bond acceptors (Lipinski definition) is 5. The molecule has 1 aliphatic rings. The van der Waals surface area contributed by atoms with Crippen LogP contribution in [0.15, 0.2) is 18.2 Å². The number of carbonyl (C=O) groups is 1. The van der Waals surface area contributed by atoms with Crippen LogP contribution in [0, 0.1) is 20.8 Å². The van der Waals surface area contributed by atoms with Gasteiger partial charge in [0.2, 0.25) is 0 Å². The summed E-state index contributed by atoms with van der Waals surface area (Å²) >= 11 is 1.56. The molecule has 3 heterocycles. The molecule has 7 heteroatoms. The topological polar surface area (TPSA) is 60.2 Å². The summed E-state index contributed by atoms with van der Waals surface area (Å²) in [6, 6.07) is 6.11. The van der Waals surface area contributed by atoms with Gasteiger partial charge in [0.1, 0.15) is 5.69 Å². The van der Waals surface area contributed by atoms with Crippen molar-refractivity contribution in [1.29, 1.82) is 0 Å². The predicted molar refractivity (Wildman–Crippen MR) is 112 cm³/mol. The number of amides is 1. The SMILES string of the molecule is CCn1nc(C)cc1C(=O)N(CC1CCCO1)c1nc2cc(C)c(C)cc2s1. The average Bonchev–Trinajstić information content (AvgIpc) is 3.39. The lowest BCUT2D eigenvalue weighted by Crippen LogP contribution is -2.38. The second kappa shape index (κ2) is 7.64. The molecular formula is C21H26N4O2S. The van der Waals surface area contributed by atoms with Crippen molar-refractivity contribution >= 4 is 32.6 Å². The van der Waals surface area contributed by atoms with Crippen molar-refractivity contribution in [2.45, 2.75) is 53.2 Å². The number of carbonyl (C=O) groups excluding carboxylic acids is 1. The zero-order valence-corrected chi connectivity index (χ0v) is 17.7. The van der Waals surface area contributed by atoms with Crippen molar-refractivity contribution in [2.24, 2.45) is 0 Å². The van der Waals surface area contributed by atoms with Crippen LogP contribution >= 0.6 is 11.3 Å². The summed E-state index contributed by atoms with van der Waals surface area (Å²) in [5.74, 6) is -0.0644. The van der Waals surface area contributed by atoms with Crippen molar-refractivity contribution in [1.82, 2.24) is 14.8 Å². The van der Waals surface area contributed by atoms with E-state index in [1.807, 2.05) is 19.9 Å². The summed E-state index contributed by atoms with van der Waals surface area (Å²) in [7, 11) is 0. The largest absolute Gasteiger partial charge is 0.376 e. The molecule has 1 amide bonds. The Bertz CT molecular complexity index is 978. The minimum atomic E-state index is -0.0644. The molecule has 4 rings (SSSR count). The molecular weight excluding hydrogens is 372 g/mol. The van der Waals surface area contributed by atoms with Crippen LogP contribution < -0.4 is 4.90 Å². The second-order valence-corrected chi connectivity index (χ2v) is 8.45. The molecule has 1 atom stereocenters. The zero-order valence-electron chi connectivity index (χ0n) is 16.9. The molecule has 0 saturated carbocycles. The smallest absolute Gasteiger partial charge is 0.278 e. The molecule has 28 heavy (non-hydrogen) atoms. The van der Waals surface area contributed by atoms with Gasteiger partial charge in [-0.1, -0.05) is 11.3 Å². The van der Waals surface area contributed by atoms with E-state index >= 15 is 0 Å². The Kier molecular flexibility index (Phi) is 5.21. The van der Waals surface area contributed by atoms with Crippen molar-refractivity contribution < 1.29 is 9.53 Å². The number of benzene rings is 1. The number of rotatable bonds is 5. The van der Waals surface area contributed by atoms with Crippen molar-refractivity contribution in [3.8, 4) is 0 Å². The number of fused-ring (bicyclic) bond motifs is 1. The van der Waals surface area contributed by atoms with Crippen LogP contribution in [0.3, 0.4) is 0 Å². The van der Waals surface area contributed by atoms with Gasteiger partial charge in [-0.05, 0) is 69.9 Å². The van der Waals surface area contributed by atoms with Crippen LogP contribution in [0.5, 0.6) is 0 Å². The van der Waals surface area contributed by atoms with Gasteiger partial charge in [0.15, 0.2) is 5.13 Å². The number of aryl methyl sites for hydroxylation is 4. The third kappa shape index (κ3) is 3.56. The molecule has 1 unspecified atom stereocenters. The van der Waals surface area contributed by atoms with Gasteiger partial charge in [0, 0.05) is 13.2 Å². The number of thiazole rings is 1. The highest BCUT2D eigenvalue weighted by Crippen LogP contribution is 2.32. The van der Waals surface area contributed by atoms with Gasteiger partial charge in [0.25, 0.3) is 5.91 Å². The molecule has 1 aliphatic heterocycles. The first-order valence-electron chi connectivity index (χ1n) is 9.82. The lowest BCUT2D eigenvalue weighted by molar-refractivity contribution is 0.0908. The average molecular weight is 399 g/mol. The summed E-state index contributed by atoms with van der Waals surface area (Å²) in [5, 5.41) is 5.17. The molecule has 1 fully saturated rings. The lowest BCUT2D eigenvalue weighted by Gasteiger charge is -2.23. The highest BCUT2D eigenvalue weighted by molar-refractivity contribution is 7.22. The maximum atomic E-state index is 13.5. The first-order chi connectivity index (χ1) is 13.5. The first kappa shape index (κ1) is 19.1. The highest BCUT2D eigenvalue weighted by Gasteiger charge is 2.29. The summed E-state index contributed by atoms with van der Waals surface area (Å²) in [5.41, 5.74) is 4.83. The summed E-state index contributed by atoms with van der Waals surface area (Å²) in [6.45, 7) is 10.0. The Morgan fingerprint density at radius 3 is 2.79 bits per heavy atom. The highest BCUT2D eigenvalue weighted by atomic mass is 32.1. The van der Waals surface area contributed by atoms with Crippen LogP contribution in [0.1, 0.15) is 47.1 Å². The molecule has 0 aliphatic carbocycles. The van der Waals surface area contributed by atoms with Crippen molar-refractivity contribution in [3.63, 3.8) is 0 Å². The third-order valence-electron chi connectivity index (χ3n) is 5.30. The van der Waals surface area contributed by atoms with E-state index < -0.39 is 0 Å². The van der Waals surface area contributed by atoms with Crippen LogP contribution in [-0.2, 0) is 11.3 Å². The summed E-state index contributed by atoms with van der Waals surface area (Å²) < 4.78 is 8.69.